The van der Waals surface area contributed by atoms with E-state index in [0.717, 1.165) is 11.3 Å². The topological polar surface area (TPSA) is 55.8 Å². The van der Waals surface area contributed by atoms with Crippen LogP contribution in [-0.2, 0) is 14.3 Å². The Bertz CT molecular complexity index is 998. The molecule has 0 N–H and O–H groups in total. The van der Waals surface area contributed by atoms with Crippen LogP contribution in [0.1, 0.15) is 44.7 Å². The molecule has 0 aromatic heterocycles. The van der Waals surface area contributed by atoms with Gasteiger partial charge < -0.3 is 9.47 Å². The second-order valence-corrected chi connectivity index (χ2v) is 7.40. The minimum Gasteiger partial charge on any atom is -0.494 e. The minimum atomic E-state index is -0.528. The highest BCUT2D eigenvalue weighted by molar-refractivity contribution is 6.23. The largest absolute Gasteiger partial charge is 0.494 e. The van der Waals surface area contributed by atoms with Gasteiger partial charge in [0.2, 0.25) is 0 Å². The van der Waals surface area contributed by atoms with Crippen LogP contribution in [0.25, 0.3) is 6.08 Å². The Morgan fingerprint density at radius 2 is 1.70 bits per heavy atom. The Balaban J connectivity index is 2.03. The summed E-state index contributed by atoms with van der Waals surface area (Å²) in [6, 6.07) is 15.2. The van der Waals surface area contributed by atoms with Crippen LogP contribution in [0, 0.1) is 0 Å². The number of rotatable bonds is 6. The van der Waals surface area contributed by atoms with Crippen molar-refractivity contribution in [3.8, 4) is 5.75 Å². The average Bonchev–Trinajstić information content (AvgIpc) is 2.98. The molecule has 0 fully saturated rings. The molecule has 30 heavy (non-hydrogen) atoms. The first-order chi connectivity index (χ1) is 14.4. The maximum atomic E-state index is 13.3. The van der Waals surface area contributed by atoms with Gasteiger partial charge in [0.05, 0.1) is 24.9 Å². The van der Waals surface area contributed by atoms with Gasteiger partial charge in [-0.15, -0.1) is 0 Å². The third-order valence-electron chi connectivity index (χ3n) is 5.11. The second kappa shape index (κ2) is 8.99. The van der Waals surface area contributed by atoms with Crippen molar-refractivity contribution in [3.05, 3.63) is 76.5 Å². The fourth-order valence-corrected chi connectivity index (χ4v) is 3.49. The molecule has 0 spiro atoms. The third kappa shape index (κ3) is 4.15. The predicted molar refractivity (Wildman–Crippen MR) is 118 cm³/mol. The van der Waals surface area contributed by atoms with Crippen LogP contribution in [0.3, 0.4) is 0 Å². The van der Waals surface area contributed by atoms with Gasteiger partial charge in [-0.05, 0) is 61.2 Å². The van der Waals surface area contributed by atoms with E-state index in [0.29, 0.717) is 29.5 Å². The lowest BCUT2D eigenvalue weighted by Crippen LogP contribution is -2.24. The summed E-state index contributed by atoms with van der Waals surface area (Å²) in [5.74, 6) is 0.357. The van der Waals surface area contributed by atoms with E-state index in [2.05, 4.69) is 13.8 Å². The molecule has 2 aromatic carbocycles. The van der Waals surface area contributed by atoms with Crippen molar-refractivity contribution in [2.45, 2.75) is 33.6 Å². The van der Waals surface area contributed by atoms with Crippen LogP contribution >= 0.6 is 0 Å². The lowest BCUT2D eigenvalue weighted by atomic mass is 9.99. The van der Waals surface area contributed by atoms with Crippen molar-refractivity contribution < 1.29 is 19.1 Å². The number of hydrogen-bond donors (Lipinski definition) is 0. The Hall–Kier alpha value is -3.34. The number of anilines is 1. The predicted octanol–water partition coefficient (Wildman–Crippen LogP) is 5.09. The molecule has 0 bridgehead atoms. The molecule has 0 atom stereocenters. The van der Waals surface area contributed by atoms with Crippen LogP contribution in [0.15, 0.2) is 65.4 Å². The quantitative estimate of drug-likeness (QED) is 0.496. The normalized spacial score (nSPS) is 15.3. The third-order valence-corrected chi connectivity index (χ3v) is 5.11. The molecule has 0 saturated heterocycles. The first-order valence-electron chi connectivity index (χ1n) is 10.1. The summed E-state index contributed by atoms with van der Waals surface area (Å²) in [5.41, 5.74) is 3.88. The number of benzene rings is 2. The molecular formula is C25H27NO4. The summed E-state index contributed by atoms with van der Waals surface area (Å²) >= 11 is 0. The molecule has 0 radical (unpaired) electrons. The zero-order valence-electron chi connectivity index (χ0n) is 18.1. The fourth-order valence-electron chi connectivity index (χ4n) is 3.49. The standard InChI is InChI=1S/C25H27NO4/c1-6-30-21-13-11-20(12-14-21)26-17(4)23(25(28)29-5)22(24(26)27)15-18-7-9-19(10-8-18)16(2)3/h7-16H,6H2,1-5H3/b22-15-. The molecule has 3 rings (SSSR count). The molecule has 2 aromatic rings. The number of methoxy groups -OCH3 is 1. The molecule has 0 unspecified atom stereocenters. The molecule has 1 aliphatic heterocycles. The van der Waals surface area contributed by atoms with Gasteiger partial charge in [0.1, 0.15) is 5.75 Å². The zero-order chi connectivity index (χ0) is 21.8. The number of hydrogen-bond acceptors (Lipinski definition) is 4. The second-order valence-electron chi connectivity index (χ2n) is 7.40. The first kappa shape index (κ1) is 21.4. The number of ether oxygens (including phenoxy) is 2. The van der Waals surface area contributed by atoms with E-state index in [1.165, 1.54) is 17.6 Å². The minimum absolute atomic E-state index is 0.259. The number of amides is 1. The summed E-state index contributed by atoms with van der Waals surface area (Å²) in [7, 11) is 1.32. The molecular weight excluding hydrogens is 378 g/mol. The van der Waals surface area contributed by atoms with Gasteiger partial charge in [0, 0.05) is 11.4 Å². The summed E-state index contributed by atoms with van der Waals surface area (Å²) in [5, 5.41) is 0. The smallest absolute Gasteiger partial charge is 0.340 e. The molecule has 5 nitrogen and oxygen atoms in total. The van der Waals surface area contributed by atoms with Gasteiger partial charge in [-0.25, -0.2) is 4.79 Å². The Morgan fingerprint density at radius 3 is 2.23 bits per heavy atom. The summed E-state index contributed by atoms with van der Waals surface area (Å²) in [4.78, 5) is 27.4. The van der Waals surface area contributed by atoms with Crippen molar-refractivity contribution >= 4 is 23.6 Å². The van der Waals surface area contributed by atoms with Crippen molar-refractivity contribution in [2.75, 3.05) is 18.6 Å². The molecule has 1 amide bonds. The molecule has 156 valence electrons. The van der Waals surface area contributed by atoms with Crippen LogP contribution in [0.4, 0.5) is 5.69 Å². The van der Waals surface area contributed by atoms with Crippen molar-refractivity contribution in [1.82, 2.24) is 0 Å². The van der Waals surface area contributed by atoms with E-state index in [1.807, 2.05) is 55.5 Å². The first-order valence-corrected chi connectivity index (χ1v) is 10.1. The van der Waals surface area contributed by atoms with Gasteiger partial charge in [0.15, 0.2) is 0 Å². The van der Waals surface area contributed by atoms with Crippen LogP contribution in [0.5, 0.6) is 5.75 Å². The zero-order valence-corrected chi connectivity index (χ0v) is 18.1. The maximum absolute atomic E-state index is 13.3. The number of nitrogens with zero attached hydrogens (tertiary/aromatic N) is 1. The number of carbonyl (C=O) groups excluding carboxylic acids is 2. The molecule has 0 saturated carbocycles. The summed E-state index contributed by atoms with van der Waals surface area (Å²) in [6.07, 6.45) is 1.75. The lowest BCUT2D eigenvalue weighted by molar-refractivity contribution is -0.136. The highest BCUT2D eigenvalue weighted by Gasteiger charge is 2.37. The van der Waals surface area contributed by atoms with E-state index < -0.39 is 5.97 Å². The lowest BCUT2D eigenvalue weighted by Gasteiger charge is -2.18. The van der Waals surface area contributed by atoms with Crippen LogP contribution in [0.2, 0.25) is 0 Å². The van der Waals surface area contributed by atoms with Crippen LogP contribution < -0.4 is 9.64 Å². The molecule has 5 heteroatoms. The van der Waals surface area contributed by atoms with Crippen molar-refractivity contribution in [2.24, 2.45) is 0 Å². The number of esters is 1. The Labute approximate surface area is 177 Å². The van der Waals surface area contributed by atoms with Crippen molar-refractivity contribution in [1.29, 1.82) is 0 Å². The van der Waals surface area contributed by atoms with E-state index >= 15 is 0 Å². The Kier molecular flexibility index (Phi) is 6.40. The SMILES string of the molecule is CCOc1ccc(N2C(=O)/C(=C\c3ccc(C(C)C)cc3)C(C(=O)OC)=C2C)cc1. The fraction of sp³-hybridized carbons (Fsp3) is 0.280. The number of carbonyl (C=O) groups is 2. The van der Waals surface area contributed by atoms with Gasteiger partial charge in [-0.3, -0.25) is 9.69 Å². The van der Waals surface area contributed by atoms with E-state index in [9.17, 15) is 9.59 Å². The van der Waals surface area contributed by atoms with E-state index in [4.69, 9.17) is 9.47 Å². The van der Waals surface area contributed by atoms with E-state index in [1.54, 1.807) is 13.0 Å². The summed E-state index contributed by atoms with van der Waals surface area (Å²) < 4.78 is 10.4. The van der Waals surface area contributed by atoms with Gasteiger partial charge in [-0.2, -0.15) is 0 Å². The molecule has 1 aliphatic rings. The van der Waals surface area contributed by atoms with Gasteiger partial charge in [0.25, 0.3) is 5.91 Å². The highest BCUT2D eigenvalue weighted by atomic mass is 16.5. The van der Waals surface area contributed by atoms with Crippen molar-refractivity contribution in [3.63, 3.8) is 0 Å². The Morgan fingerprint density at radius 1 is 1.07 bits per heavy atom. The summed E-state index contributed by atoms with van der Waals surface area (Å²) in [6.45, 7) is 8.49. The molecule has 1 heterocycles. The molecule has 0 aliphatic carbocycles. The monoisotopic (exact) mass is 405 g/mol. The highest BCUT2D eigenvalue weighted by Crippen LogP contribution is 2.36. The van der Waals surface area contributed by atoms with Crippen LogP contribution in [-0.4, -0.2) is 25.6 Å². The average molecular weight is 405 g/mol. The number of allylic oxidation sites excluding steroid dienone is 1. The maximum Gasteiger partial charge on any atom is 0.340 e. The van der Waals surface area contributed by atoms with Gasteiger partial charge >= 0.3 is 5.97 Å². The van der Waals surface area contributed by atoms with Gasteiger partial charge in [-0.1, -0.05) is 38.1 Å². The van der Waals surface area contributed by atoms with E-state index in [-0.39, 0.29) is 11.5 Å².